The highest BCUT2D eigenvalue weighted by molar-refractivity contribution is 5.76. The van der Waals surface area contributed by atoms with Gasteiger partial charge in [0.25, 0.3) is 0 Å². The van der Waals surface area contributed by atoms with Gasteiger partial charge in [0.2, 0.25) is 5.91 Å². The summed E-state index contributed by atoms with van der Waals surface area (Å²) in [6.07, 6.45) is 67.4. The van der Waals surface area contributed by atoms with Crippen molar-refractivity contribution in [2.24, 2.45) is 0 Å². The Morgan fingerprint density at radius 3 is 1.18 bits per heavy atom. The van der Waals surface area contributed by atoms with Crippen LogP contribution >= 0.6 is 0 Å². The minimum absolute atomic E-state index is 0.0384. The van der Waals surface area contributed by atoms with Gasteiger partial charge in [0, 0.05) is 12.8 Å². The van der Waals surface area contributed by atoms with Gasteiger partial charge in [0.1, 0.15) is 0 Å². The van der Waals surface area contributed by atoms with E-state index in [1.54, 1.807) is 0 Å². The summed E-state index contributed by atoms with van der Waals surface area (Å²) in [4.78, 5) is 24.4. The van der Waals surface area contributed by atoms with Gasteiger partial charge in [-0.2, -0.15) is 0 Å². The van der Waals surface area contributed by atoms with Crippen LogP contribution in [0.15, 0.2) is 36.5 Å². The Bertz CT molecular complexity index is 1060. The van der Waals surface area contributed by atoms with Crippen LogP contribution in [0.3, 0.4) is 0 Å². The van der Waals surface area contributed by atoms with Crippen molar-refractivity contribution in [2.45, 2.75) is 315 Å². The van der Waals surface area contributed by atoms with Gasteiger partial charge in [0.15, 0.2) is 0 Å². The third kappa shape index (κ3) is 51.3. The minimum atomic E-state index is -0.666. The lowest BCUT2D eigenvalue weighted by Gasteiger charge is -2.22. The highest BCUT2D eigenvalue weighted by atomic mass is 16.5. The first-order chi connectivity index (χ1) is 32.0. The topological polar surface area (TPSA) is 95.9 Å². The molecule has 6 heteroatoms. The molecule has 0 aliphatic rings. The number of nitrogens with one attached hydrogen (secondary N) is 1. The summed E-state index contributed by atoms with van der Waals surface area (Å²) in [5.74, 6) is -0.0808. The molecule has 0 aliphatic carbocycles. The van der Waals surface area contributed by atoms with Crippen molar-refractivity contribution in [3.63, 3.8) is 0 Å². The Morgan fingerprint density at radius 2 is 0.769 bits per heavy atom. The highest BCUT2D eigenvalue weighted by Crippen LogP contribution is 2.16. The Kier molecular flexibility index (Phi) is 53.1. The molecule has 2 unspecified atom stereocenters. The average molecular weight is 915 g/mol. The van der Waals surface area contributed by atoms with E-state index in [9.17, 15) is 19.8 Å². The summed E-state index contributed by atoms with van der Waals surface area (Å²) in [5.41, 5.74) is 0. The summed E-state index contributed by atoms with van der Waals surface area (Å²) in [6.45, 7) is 4.82. The molecule has 0 aromatic rings. The van der Waals surface area contributed by atoms with Crippen LogP contribution in [-0.2, 0) is 14.3 Å². The van der Waals surface area contributed by atoms with Crippen molar-refractivity contribution in [3.8, 4) is 0 Å². The number of rotatable bonds is 53. The third-order valence-corrected chi connectivity index (χ3v) is 13.2. The van der Waals surface area contributed by atoms with E-state index >= 15 is 0 Å². The first-order valence-corrected chi connectivity index (χ1v) is 28.7. The zero-order valence-corrected chi connectivity index (χ0v) is 43.5. The van der Waals surface area contributed by atoms with Crippen LogP contribution < -0.4 is 5.32 Å². The molecule has 0 fully saturated rings. The Hall–Kier alpha value is -1.92. The van der Waals surface area contributed by atoms with Gasteiger partial charge in [-0.25, -0.2) is 0 Å². The maximum atomic E-state index is 12.4. The molecular formula is C59H111NO5. The van der Waals surface area contributed by atoms with Crippen molar-refractivity contribution < 1.29 is 24.5 Å². The molecule has 0 aromatic heterocycles. The fourth-order valence-corrected chi connectivity index (χ4v) is 8.77. The van der Waals surface area contributed by atoms with E-state index in [0.29, 0.717) is 25.9 Å². The predicted molar refractivity (Wildman–Crippen MR) is 283 cm³/mol. The van der Waals surface area contributed by atoms with Gasteiger partial charge < -0.3 is 20.3 Å². The van der Waals surface area contributed by atoms with Gasteiger partial charge in [0.05, 0.1) is 25.4 Å². The SMILES string of the molecule is CCCCCCCCC/C=C\CCCCCCCCCC(=O)OCC/C=C\C/C=C\CCCCCCCCCCCCCCCCC(=O)NC(CO)C(O)CCCCCCCCCCC. The van der Waals surface area contributed by atoms with Crippen LogP contribution in [0.25, 0.3) is 0 Å². The number of aliphatic hydroxyl groups is 2. The van der Waals surface area contributed by atoms with E-state index in [2.05, 4.69) is 55.6 Å². The van der Waals surface area contributed by atoms with Gasteiger partial charge >= 0.3 is 5.97 Å². The number of hydrogen-bond acceptors (Lipinski definition) is 5. The first-order valence-electron chi connectivity index (χ1n) is 28.7. The van der Waals surface area contributed by atoms with Crippen LogP contribution in [0.5, 0.6) is 0 Å². The second-order valence-electron chi connectivity index (χ2n) is 19.6. The van der Waals surface area contributed by atoms with Crippen molar-refractivity contribution in [1.29, 1.82) is 0 Å². The fraction of sp³-hybridized carbons (Fsp3) is 0.864. The normalized spacial score (nSPS) is 12.9. The van der Waals surface area contributed by atoms with Gasteiger partial charge in [-0.15, -0.1) is 0 Å². The zero-order valence-electron chi connectivity index (χ0n) is 43.5. The molecule has 6 nitrogen and oxygen atoms in total. The van der Waals surface area contributed by atoms with Crippen molar-refractivity contribution in [2.75, 3.05) is 13.2 Å². The second-order valence-corrected chi connectivity index (χ2v) is 19.6. The lowest BCUT2D eigenvalue weighted by Crippen LogP contribution is -2.45. The van der Waals surface area contributed by atoms with Gasteiger partial charge in [-0.1, -0.05) is 256 Å². The van der Waals surface area contributed by atoms with Crippen molar-refractivity contribution >= 4 is 11.9 Å². The summed E-state index contributed by atoms with van der Waals surface area (Å²) in [5, 5.41) is 23.1. The molecule has 1 amide bonds. The van der Waals surface area contributed by atoms with Crippen LogP contribution in [0.4, 0.5) is 0 Å². The maximum absolute atomic E-state index is 12.4. The molecule has 0 radical (unpaired) electrons. The molecule has 0 saturated carbocycles. The lowest BCUT2D eigenvalue weighted by atomic mass is 10.0. The predicted octanol–water partition coefficient (Wildman–Crippen LogP) is 17.6. The first kappa shape index (κ1) is 63.1. The molecule has 0 rings (SSSR count). The Labute approximate surface area is 404 Å². The van der Waals surface area contributed by atoms with Gasteiger partial charge in [-0.05, 0) is 70.6 Å². The molecular weight excluding hydrogens is 803 g/mol. The van der Waals surface area contributed by atoms with Crippen LogP contribution in [0.1, 0.15) is 303 Å². The maximum Gasteiger partial charge on any atom is 0.305 e. The van der Waals surface area contributed by atoms with Crippen LogP contribution in [-0.4, -0.2) is 47.4 Å². The molecule has 0 heterocycles. The van der Waals surface area contributed by atoms with E-state index < -0.39 is 12.1 Å². The monoisotopic (exact) mass is 914 g/mol. The average Bonchev–Trinajstić information content (AvgIpc) is 3.31. The summed E-state index contributed by atoms with van der Waals surface area (Å²) < 4.78 is 5.42. The molecule has 0 aliphatic heterocycles. The fourth-order valence-electron chi connectivity index (χ4n) is 8.77. The minimum Gasteiger partial charge on any atom is -0.465 e. The number of esters is 1. The number of carbonyl (C=O) groups is 2. The molecule has 2 atom stereocenters. The number of hydrogen-bond donors (Lipinski definition) is 3. The molecule has 0 bridgehead atoms. The number of unbranched alkanes of at least 4 members (excludes halogenated alkanes) is 36. The highest BCUT2D eigenvalue weighted by Gasteiger charge is 2.20. The van der Waals surface area contributed by atoms with E-state index in [1.165, 1.54) is 218 Å². The summed E-state index contributed by atoms with van der Waals surface area (Å²) in [7, 11) is 0. The largest absolute Gasteiger partial charge is 0.465 e. The molecule has 0 aromatic carbocycles. The lowest BCUT2D eigenvalue weighted by molar-refractivity contribution is -0.143. The van der Waals surface area contributed by atoms with Crippen molar-refractivity contribution in [3.05, 3.63) is 36.5 Å². The quantitative estimate of drug-likeness (QED) is 0.0321. The number of ether oxygens (including phenoxy) is 1. The van der Waals surface area contributed by atoms with E-state index in [4.69, 9.17) is 4.74 Å². The Morgan fingerprint density at radius 1 is 0.431 bits per heavy atom. The van der Waals surface area contributed by atoms with E-state index in [-0.39, 0.29) is 18.5 Å². The summed E-state index contributed by atoms with van der Waals surface area (Å²) >= 11 is 0. The number of allylic oxidation sites excluding steroid dienone is 5. The number of aliphatic hydroxyl groups excluding tert-OH is 2. The molecule has 0 spiro atoms. The molecule has 3 N–H and O–H groups in total. The standard InChI is InChI=1S/C59H111NO5/c1-3-5-7-9-11-13-14-15-16-17-24-27-30-33-37-41-45-49-53-59(64)65-54-50-46-42-38-34-31-28-25-22-20-18-19-21-23-26-29-32-36-40-44-48-52-58(63)60-56(55-61)57(62)51-47-43-39-35-12-10-8-6-4-2/h16-17,31,34,42,46,56-57,61-62H,3-15,18-30,32-33,35-41,43-45,47-55H2,1-2H3,(H,60,63)/b17-16-,34-31-,46-42-. The zero-order chi connectivity index (χ0) is 47.2. The smallest absolute Gasteiger partial charge is 0.305 e. The van der Waals surface area contributed by atoms with Crippen molar-refractivity contribution in [1.82, 2.24) is 5.32 Å². The third-order valence-electron chi connectivity index (χ3n) is 13.2. The number of carbonyl (C=O) groups excluding carboxylic acids is 2. The number of amides is 1. The molecule has 0 saturated heterocycles. The Balaban J connectivity index is 3.43. The van der Waals surface area contributed by atoms with Gasteiger partial charge in [-0.3, -0.25) is 9.59 Å². The molecule has 65 heavy (non-hydrogen) atoms. The van der Waals surface area contributed by atoms with E-state index in [0.717, 1.165) is 51.4 Å². The molecule has 382 valence electrons. The summed E-state index contributed by atoms with van der Waals surface area (Å²) in [6, 6.07) is -0.543. The second kappa shape index (κ2) is 54.7. The van der Waals surface area contributed by atoms with Crippen LogP contribution in [0.2, 0.25) is 0 Å². The van der Waals surface area contributed by atoms with Crippen LogP contribution in [0, 0.1) is 0 Å². The van der Waals surface area contributed by atoms with E-state index in [1.807, 2.05) is 0 Å².